The van der Waals surface area contributed by atoms with Gasteiger partial charge in [0.15, 0.2) is 5.78 Å². The van der Waals surface area contributed by atoms with Gasteiger partial charge in [0.2, 0.25) is 0 Å². The van der Waals surface area contributed by atoms with Crippen LogP contribution in [-0.2, 0) is 4.79 Å². The molecule has 1 rings (SSSR count). The Kier molecular flexibility index (Phi) is 6.70. The van der Waals surface area contributed by atoms with Crippen molar-refractivity contribution in [1.82, 2.24) is 0 Å². The first-order valence-corrected chi connectivity index (χ1v) is 6.38. The third-order valence-corrected chi connectivity index (χ3v) is 2.72. The maximum Gasteiger partial charge on any atom is 0.301 e. The van der Waals surface area contributed by atoms with E-state index in [4.69, 9.17) is 10.2 Å². The van der Waals surface area contributed by atoms with Crippen molar-refractivity contribution in [2.45, 2.75) is 18.9 Å². The summed E-state index contributed by atoms with van der Waals surface area (Å²) in [7, 11) is 0. The summed E-state index contributed by atoms with van der Waals surface area (Å²) in [5.74, 6) is -0.463. The number of nitro groups is 2. The fourth-order valence-corrected chi connectivity index (χ4v) is 1.52. The number of carbonyl (C=O) groups excluding carboxylic acids is 1. The molecule has 0 aliphatic heterocycles. The summed E-state index contributed by atoms with van der Waals surface area (Å²) in [6, 6.07) is 2.94. The van der Waals surface area contributed by atoms with Gasteiger partial charge in [-0.25, -0.2) is 0 Å². The molecule has 0 heterocycles. The number of benzene rings is 1. The van der Waals surface area contributed by atoms with Crippen molar-refractivity contribution in [3.05, 3.63) is 38.4 Å². The van der Waals surface area contributed by atoms with Gasteiger partial charge >= 0.3 is 5.69 Å². The van der Waals surface area contributed by atoms with Crippen molar-refractivity contribution in [2.75, 3.05) is 12.0 Å². The Labute approximate surface area is 129 Å². The number of hydrazone groups is 1. The summed E-state index contributed by atoms with van der Waals surface area (Å²) in [5, 5.41) is 42.7. The van der Waals surface area contributed by atoms with E-state index in [1.807, 2.05) is 0 Å². The summed E-state index contributed by atoms with van der Waals surface area (Å²) < 4.78 is 0. The molecule has 0 aromatic heterocycles. The van der Waals surface area contributed by atoms with Crippen molar-refractivity contribution >= 4 is 29.1 Å². The Morgan fingerprint density at radius 2 is 2.04 bits per heavy atom. The molecule has 11 nitrogen and oxygen atoms in total. The van der Waals surface area contributed by atoms with Crippen LogP contribution in [0.4, 0.5) is 17.1 Å². The molecule has 0 aliphatic carbocycles. The van der Waals surface area contributed by atoms with Crippen LogP contribution in [0.25, 0.3) is 0 Å². The molecule has 23 heavy (non-hydrogen) atoms. The average Bonchev–Trinajstić information content (AvgIpc) is 2.52. The molecule has 1 atom stereocenters. The van der Waals surface area contributed by atoms with Gasteiger partial charge in [-0.2, -0.15) is 5.10 Å². The lowest BCUT2D eigenvalue weighted by molar-refractivity contribution is -0.393. The highest BCUT2D eigenvalue weighted by Gasteiger charge is 2.19. The Hall–Kier alpha value is -2.92. The number of ketones is 1. The van der Waals surface area contributed by atoms with Crippen molar-refractivity contribution < 1.29 is 24.9 Å². The number of aliphatic hydroxyl groups excluding tert-OH is 2. The zero-order chi connectivity index (χ0) is 17.4. The minimum absolute atomic E-state index is 0.0546. The predicted octanol–water partition coefficient (Wildman–Crippen LogP) is 0.603. The van der Waals surface area contributed by atoms with E-state index in [-0.39, 0.29) is 18.5 Å². The third-order valence-electron chi connectivity index (χ3n) is 2.72. The van der Waals surface area contributed by atoms with Crippen LogP contribution >= 0.6 is 0 Å². The molecule has 0 saturated carbocycles. The summed E-state index contributed by atoms with van der Waals surface area (Å²) in [6.07, 6.45) is -0.139. The molecule has 11 heteroatoms. The standard InChI is InChI=1S/C12H14N4O7/c17-7-10(19)3-2-9(18)6-13-14-11-4-1-8(15(20)21)5-12(11)16(22)23/h1,4-6,10,14,17,19H,2-3,7H2/b13-6+. The lowest BCUT2D eigenvalue weighted by Gasteiger charge is -2.04. The van der Waals surface area contributed by atoms with E-state index in [1.165, 1.54) is 0 Å². The number of nitrogens with zero attached hydrogens (tertiary/aromatic N) is 3. The molecular formula is C12H14N4O7. The second kappa shape index (κ2) is 8.51. The highest BCUT2D eigenvalue weighted by Crippen LogP contribution is 2.28. The molecule has 0 spiro atoms. The average molecular weight is 326 g/mol. The fraction of sp³-hybridized carbons (Fsp3) is 0.333. The van der Waals surface area contributed by atoms with E-state index in [0.717, 1.165) is 24.4 Å². The van der Waals surface area contributed by atoms with Gasteiger partial charge in [0.25, 0.3) is 5.69 Å². The quantitative estimate of drug-likeness (QED) is 0.336. The topological polar surface area (TPSA) is 168 Å². The summed E-state index contributed by atoms with van der Waals surface area (Å²) in [4.78, 5) is 31.3. The largest absolute Gasteiger partial charge is 0.394 e. The Balaban J connectivity index is 2.73. The molecule has 0 aliphatic rings. The number of aliphatic hydroxyl groups is 2. The van der Waals surface area contributed by atoms with E-state index in [0.29, 0.717) is 0 Å². The molecule has 0 saturated heterocycles. The van der Waals surface area contributed by atoms with Crippen LogP contribution in [0.1, 0.15) is 12.8 Å². The van der Waals surface area contributed by atoms with E-state index in [1.54, 1.807) is 0 Å². The number of non-ortho nitro benzene ring substituents is 1. The Morgan fingerprint density at radius 1 is 1.35 bits per heavy atom. The van der Waals surface area contributed by atoms with Crippen molar-refractivity contribution in [3.63, 3.8) is 0 Å². The molecule has 0 bridgehead atoms. The van der Waals surface area contributed by atoms with Crippen LogP contribution in [0, 0.1) is 20.2 Å². The minimum Gasteiger partial charge on any atom is -0.394 e. The molecular weight excluding hydrogens is 312 g/mol. The van der Waals surface area contributed by atoms with Crippen molar-refractivity contribution in [1.29, 1.82) is 0 Å². The minimum atomic E-state index is -1.00. The van der Waals surface area contributed by atoms with E-state index < -0.39 is 39.7 Å². The number of hydrogen-bond acceptors (Lipinski definition) is 9. The number of rotatable bonds is 9. The van der Waals surface area contributed by atoms with E-state index >= 15 is 0 Å². The van der Waals surface area contributed by atoms with Crippen LogP contribution in [-0.4, -0.2) is 44.8 Å². The van der Waals surface area contributed by atoms with E-state index in [2.05, 4.69) is 10.5 Å². The van der Waals surface area contributed by atoms with Gasteiger partial charge in [0.1, 0.15) is 5.69 Å². The SMILES string of the molecule is O=C(/C=N/Nc1ccc([N+](=O)[O-])cc1[N+](=O)[O-])CCC(O)CO. The first kappa shape index (κ1) is 18.1. The van der Waals surface area contributed by atoms with Gasteiger partial charge in [-0.05, 0) is 12.5 Å². The molecule has 0 fully saturated rings. The van der Waals surface area contributed by atoms with Gasteiger partial charge in [-0.3, -0.25) is 30.4 Å². The molecule has 3 N–H and O–H groups in total. The second-order valence-electron chi connectivity index (χ2n) is 4.43. The molecule has 0 radical (unpaired) electrons. The number of anilines is 1. The molecule has 0 amide bonds. The molecule has 124 valence electrons. The van der Waals surface area contributed by atoms with Crippen LogP contribution in [0.15, 0.2) is 23.3 Å². The number of hydrogen-bond donors (Lipinski definition) is 3. The monoisotopic (exact) mass is 326 g/mol. The van der Waals surface area contributed by atoms with Gasteiger partial charge < -0.3 is 10.2 Å². The van der Waals surface area contributed by atoms with Gasteiger partial charge in [0, 0.05) is 12.5 Å². The molecule has 1 aromatic rings. The third kappa shape index (κ3) is 5.76. The number of carbonyl (C=O) groups is 1. The number of nitro benzene ring substituents is 2. The van der Waals surface area contributed by atoms with Crippen LogP contribution < -0.4 is 5.43 Å². The smallest absolute Gasteiger partial charge is 0.301 e. The predicted molar refractivity (Wildman–Crippen MR) is 79.2 cm³/mol. The first-order valence-electron chi connectivity index (χ1n) is 6.38. The lowest BCUT2D eigenvalue weighted by atomic mass is 10.1. The second-order valence-corrected chi connectivity index (χ2v) is 4.43. The molecule has 1 aromatic carbocycles. The first-order chi connectivity index (χ1) is 10.8. The van der Waals surface area contributed by atoms with Gasteiger partial charge in [0.05, 0.1) is 34.8 Å². The lowest BCUT2D eigenvalue weighted by Crippen LogP contribution is -2.14. The Bertz CT molecular complexity index is 632. The Morgan fingerprint density at radius 3 is 2.61 bits per heavy atom. The van der Waals surface area contributed by atoms with Crippen LogP contribution in [0.5, 0.6) is 0 Å². The number of nitrogens with one attached hydrogen (secondary N) is 1. The number of Topliss-reactive ketones (excluding diaryl/α,β-unsaturated/α-hetero) is 1. The van der Waals surface area contributed by atoms with E-state index in [9.17, 15) is 25.0 Å². The highest BCUT2D eigenvalue weighted by atomic mass is 16.6. The summed E-state index contributed by atoms with van der Waals surface area (Å²) in [5.41, 5.74) is 1.15. The zero-order valence-corrected chi connectivity index (χ0v) is 11.8. The van der Waals surface area contributed by atoms with Gasteiger partial charge in [-0.1, -0.05) is 0 Å². The summed E-state index contributed by atoms with van der Waals surface area (Å²) in [6.45, 7) is -0.461. The van der Waals surface area contributed by atoms with Crippen LogP contribution in [0.2, 0.25) is 0 Å². The summed E-state index contributed by atoms with van der Waals surface area (Å²) >= 11 is 0. The van der Waals surface area contributed by atoms with Crippen LogP contribution in [0.3, 0.4) is 0 Å². The van der Waals surface area contributed by atoms with Gasteiger partial charge in [-0.15, -0.1) is 0 Å². The molecule has 1 unspecified atom stereocenters. The fourth-order valence-electron chi connectivity index (χ4n) is 1.52. The van der Waals surface area contributed by atoms with Crippen molar-refractivity contribution in [2.24, 2.45) is 5.10 Å². The normalized spacial score (nSPS) is 12.1. The highest BCUT2D eigenvalue weighted by molar-refractivity contribution is 6.27. The maximum absolute atomic E-state index is 11.4. The zero-order valence-electron chi connectivity index (χ0n) is 11.8. The maximum atomic E-state index is 11.4. The van der Waals surface area contributed by atoms with Crippen molar-refractivity contribution in [3.8, 4) is 0 Å².